The third-order valence-corrected chi connectivity index (χ3v) is 5.56. The Balaban J connectivity index is 2.41. The van der Waals surface area contributed by atoms with Gasteiger partial charge >= 0.3 is 0 Å². The van der Waals surface area contributed by atoms with Gasteiger partial charge in [0, 0.05) is 22.6 Å². The number of hydrogen-bond donors (Lipinski definition) is 1. The largest absolute Gasteiger partial charge is 0.326 e. The zero-order valence-corrected chi connectivity index (χ0v) is 11.1. The van der Waals surface area contributed by atoms with Crippen molar-refractivity contribution in [2.45, 2.75) is 64.2 Å². The molecule has 0 aromatic carbocycles. The van der Waals surface area contributed by atoms with E-state index in [0.717, 1.165) is 25.0 Å². The molecule has 1 fully saturated rings. The predicted octanol–water partition coefficient (Wildman–Crippen LogP) is 2.44. The number of hydrogen-bond acceptors (Lipinski definition) is 2. The molecule has 90 valence electrons. The van der Waals surface area contributed by atoms with Gasteiger partial charge in [-0.2, -0.15) is 0 Å². The molecule has 3 heteroatoms. The van der Waals surface area contributed by atoms with Gasteiger partial charge < -0.3 is 5.73 Å². The molecule has 0 heterocycles. The Morgan fingerprint density at radius 2 is 2.07 bits per heavy atom. The van der Waals surface area contributed by atoms with E-state index in [4.69, 9.17) is 5.73 Å². The second kappa shape index (κ2) is 5.44. The van der Waals surface area contributed by atoms with Gasteiger partial charge in [0.25, 0.3) is 0 Å². The lowest BCUT2D eigenvalue weighted by Gasteiger charge is -2.26. The predicted molar refractivity (Wildman–Crippen MR) is 67.3 cm³/mol. The number of nitrogens with two attached hydrogens (primary N) is 1. The summed E-state index contributed by atoms with van der Waals surface area (Å²) in [6.45, 7) is 6.56. The van der Waals surface area contributed by atoms with Crippen molar-refractivity contribution in [3.63, 3.8) is 0 Å². The van der Waals surface area contributed by atoms with Crippen molar-refractivity contribution in [3.05, 3.63) is 0 Å². The minimum atomic E-state index is -0.699. The summed E-state index contributed by atoms with van der Waals surface area (Å²) < 4.78 is 12.0. The Hall–Kier alpha value is 0.110. The first-order valence-corrected chi connectivity index (χ1v) is 7.50. The Labute approximate surface area is 96.5 Å². The van der Waals surface area contributed by atoms with E-state index < -0.39 is 10.8 Å². The summed E-state index contributed by atoms with van der Waals surface area (Å²) >= 11 is 0. The molecule has 2 nitrogen and oxygen atoms in total. The van der Waals surface area contributed by atoms with Crippen LogP contribution < -0.4 is 5.73 Å². The highest BCUT2D eigenvalue weighted by molar-refractivity contribution is 7.85. The molecule has 0 aromatic heterocycles. The Kier molecular flexibility index (Phi) is 4.78. The maximum Gasteiger partial charge on any atom is 0.0504 e. The van der Waals surface area contributed by atoms with Crippen LogP contribution in [0.4, 0.5) is 0 Å². The second-order valence-electron chi connectivity index (χ2n) is 5.38. The second-order valence-corrected chi connectivity index (χ2v) is 7.16. The highest BCUT2D eigenvalue weighted by Crippen LogP contribution is 2.38. The lowest BCUT2D eigenvalue weighted by atomic mass is 9.88. The smallest absolute Gasteiger partial charge is 0.0504 e. The van der Waals surface area contributed by atoms with Crippen molar-refractivity contribution in [3.8, 4) is 0 Å². The standard InChI is InChI=1S/C12H25NOS/c1-4-5-6-9-15(14)10-7-8-12(2,3)11(10)13/h10-11H,4-9,13H2,1-3H3. The molecule has 3 atom stereocenters. The molecule has 0 aliphatic heterocycles. The SMILES string of the molecule is CCCCCS(=O)C1CCC(C)(C)C1N. The number of rotatable bonds is 5. The monoisotopic (exact) mass is 231 g/mol. The van der Waals surface area contributed by atoms with Crippen LogP contribution in [-0.2, 0) is 10.8 Å². The molecule has 1 saturated carbocycles. The van der Waals surface area contributed by atoms with Crippen LogP contribution >= 0.6 is 0 Å². The summed E-state index contributed by atoms with van der Waals surface area (Å²) in [6.07, 6.45) is 5.65. The first-order valence-electron chi connectivity index (χ1n) is 6.12. The highest BCUT2D eigenvalue weighted by atomic mass is 32.2. The van der Waals surface area contributed by atoms with E-state index >= 15 is 0 Å². The van der Waals surface area contributed by atoms with E-state index in [9.17, 15) is 4.21 Å². The van der Waals surface area contributed by atoms with Crippen LogP contribution in [0.15, 0.2) is 0 Å². The van der Waals surface area contributed by atoms with Crippen LogP contribution in [0, 0.1) is 5.41 Å². The molecular weight excluding hydrogens is 206 g/mol. The van der Waals surface area contributed by atoms with E-state index in [-0.39, 0.29) is 16.7 Å². The van der Waals surface area contributed by atoms with Crippen molar-refractivity contribution >= 4 is 10.8 Å². The summed E-state index contributed by atoms with van der Waals surface area (Å²) in [5.74, 6) is 0.849. The van der Waals surface area contributed by atoms with Gasteiger partial charge in [0.1, 0.15) is 0 Å². The molecule has 0 radical (unpaired) electrons. The Morgan fingerprint density at radius 1 is 1.40 bits per heavy atom. The van der Waals surface area contributed by atoms with Gasteiger partial charge in [-0.1, -0.05) is 33.6 Å². The Bertz CT molecular complexity index is 228. The molecule has 1 aliphatic rings. The van der Waals surface area contributed by atoms with E-state index in [1.54, 1.807) is 0 Å². The number of unbranched alkanes of at least 4 members (excludes halogenated alkanes) is 2. The van der Waals surface area contributed by atoms with Crippen LogP contribution in [0.25, 0.3) is 0 Å². The lowest BCUT2D eigenvalue weighted by Crippen LogP contribution is -2.42. The topological polar surface area (TPSA) is 43.1 Å². The van der Waals surface area contributed by atoms with Gasteiger partial charge in [0.05, 0.1) is 5.25 Å². The van der Waals surface area contributed by atoms with Crippen molar-refractivity contribution < 1.29 is 4.21 Å². The minimum Gasteiger partial charge on any atom is -0.326 e. The van der Waals surface area contributed by atoms with E-state index in [0.29, 0.717) is 0 Å². The molecule has 0 spiro atoms. The quantitative estimate of drug-likeness (QED) is 0.739. The molecule has 0 aromatic rings. The summed E-state index contributed by atoms with van der Waals surface area (Å²) in [4.78, 5) is 0. The zero-order valence-electron chi connectivity index (χ0n) is 10.3. The van der Waals surface area contributed by atoms with Crippen molar-refractivity contribution in [1.82, 2.24) is 0 Å². The lowest BCUT2D eigenvalue weighted by molar-refractivity contribution is 0.333. The van der Waals surface area contributed by atoms with E-state index in [2.05, 4.69) is 20.8 Å². The van der Waals surface area contributed by atoms with E-state index in [1.807, 2.05) is 0 Å². The Morgan fingerprint density at radius 3 is 2.53 bits per heavy atom. The molecule has 1 rings (SSSR count). The van der Waals surface area contributed by atoms with Crippen LogP contribution in [0.3, 0.4) is 0 Å². The van der Waals surface area contributed by atoms with Gasteiger partial charge in [-0.25, -0.2) is 0 Å². The fourth-order valence-electron chi connectivity index (χ4n) is 2.30. The first-order chi connectivity index (χ1) is 6.99. The maximum absolute atomic E-state index is 12.0. The van der Waals surface area contributed by atoms with Crippen LogP contribution in [0.2, 0.25) is 0 Å². The summed E-state index contributed by atoms with van der Waals surface area (Å²) in [5, 5.41) is 0.247. The van der Waals surface area contributed by atoms with Gasteiger partial charge in [0.15, 0.2) is 0 Å². The summed E-state index contributed by atoms with van der Waals surface area (Å²) in [6, 6.07) is 0.125. The summed E-state index contributed by atoms with van der Waals surface area (Å²) in [5.41, 5.74) is 6.35. The van der Waals surface area contributed by atoms with Crippen LogP contribution in [0.1, 0.15) is 52.9 Å². The van der Waals surface area contributed by atoms with Crippen molar-refractivity contribution in [1.29, 1.82) is 0 Å². The molecule has 3 unspecified atom stereocenters. The molecule has 1 aliphatic carbocycles. The third kappa shape index (κ3) is 3.28. The normalized spacial score (nSPS) is 31.7. The summed E-state index contributed by atoms with van der Waals surface area (Å²) in [7, 11) is -0.699. The van der Waals surface area contributed by atoms with Crippen molar-refractivity contribution in [2.24, 2.45) is 11.1 Å². The average Bonchev–Trinajstić information content (AvgIpc) is 2.43. The molecule has 0 bridgehead atoms. The molecule has 0 saturated heterocycles. The molecular formula is C12H25NOS. The minimum absolute atomic E-state index is 0.125. The first kappa shape index (κ1) is 13.2. The fourth-order valence-corrected chi connectivity index (χ4v) is 4.17. The van der Waals surface area contributed by atoms with Gasteiger partial charge in [-0.05, 0) is 24.7 Å². The van der Waals surface area contributed by atoms with Crippen molar-refractivity contribution in [2.75, 3.05) is 5.75 Å². The maximum atomic E-state index is 12.0. The van der Waals surface area contributed by atoms with Gasteiger partial charge in [0.2, 0.25) is 0 Å². The van der Waals surface area contributed by atoms with Gasteiger partial charge in [-0.3, -0.25) is 4.21 Å². The highest BCUT2D eigenvalue weighted by Gasteiger charge is 2.41. The van der Waals surface area contributed by atoms with Crippen LogP contribution in [-0.4, -0.2) is 21.3 Å². The average molecular weight is 231 g/mol. The fraction of sp³-hybridized carbons (Fsp3) is 1.00. The van der Waals surface area contributed by atoms with E-state index in [1.165, 1.54) is 12.8 Å². The zero-order chi connectivity index (χ0) is 11.5. The van der Waals surface area contributed by atoms with Crippen LogP contribution in [0.5, 0.6) is 0 Å². The van der Waals surface area contributed by atoms with Gasteiger partial charge in [-0.15, -0.1) is 0 Å². The molecule has 2 N–H and O–H groups in total. The molecule has 15 heavy (non-hydrogen) atoms. The molecule has 0 amide bonds. The third-order valence-electron chi connectivity index (χ3n) is 3.66.